The van der Waals surface area contributed by atoms with Crippen LogP contribution in [0.5, 0.6) is 11.5 Å². The number of phenols is 1. The molecule has 9 heteroatoms. The lowest BCUT2D eigenvalue weighted by atomic mass is 9.95. The Labute approximate surface area is 154 Å². The van der Waals surface area contributed by atoms with E-state index in [1.807, 2.05) is 0 Å². The highest BCUT2D eigenvalue weighted by Crippen LogP contribution is 2.42. The number of halogens is 1. The number of guanidine groups is 1. The second kappa shape index (κ2) is 8.64. The zero-order chi connectivity index (χ0) is 20.0. The van der Waals surface area contributed by atoms with E-state index < -0.39 is 17.5 Å². The van der Waals surface area contributed by atoms with Crippen molar-refractivity contribution in [2.24, 2.45) is 10.7 Å². The van der Waals surface area contributed by atoms with Crippen LogP contribution in [0.25, 0.3) is 16.0 Å². The van der Waals surface area contributed by atoms with Crippen molar-refractivity contribution in [3.63, 3.8) is 0 Å². The quantitative estimate of drug-likeness (QED) is 0.362. The van der Waals surface area contributed by atoms with Gasteiger partial charge in [-0.3, -0.25) is 15.1 Å². The number of ether oxygens (including phenoxy) is 1. The van der Waals surface area contributed by atoms with Gasteiger partial charge < -0.3 is 20.7 Å². The molecule has 1 amide bonds. The summed E-state index contributed by atoms with van der Waals surface area (Å²) in [5, 5.41) is 21.3. The van der Waals surface area contributed by atoms with Crippen molar-refractivity contribution in [1.82, 2.24) is 5.32 Å². The Balaban J connectivity index is 2.68. The van der Waals surface area contributed by atoms with Crippen LogP contribution in [0.15, 0.2) is 35.3 Å². The fourth-order valence-corrected chi connectivity index (χ4v) is 2.44. The summed E-state index contributed by atoms with van der Waals surface area (Å²) in [5.74, 6) is -1.96. The van der Waals surface area contributed by atoms with Gasteiger partial charge in [0, 0.05) is 11.1 Å². The number of nitrogens with one attached hydrogen (secondary N) is 1. The maximum atomic E-state index is 13.8. The molecule has 0 aromatic heterocycles. The summed E-state index contributed by atoms with van der Waals surface area (Å²) in [4.78, 5) is 19.7. The number of aliphatic imine (C=N–C) groups is 1. The Hall–Kier alpha value is -3.64. The molecular weight excluding hydrogens is 355 g/mol. The molecule has 0 bridgehead atoms. The van der Waals surface area contributed by atoms with E-state index in [-0.39, 0.29) is 47.2 Å². The lowest BCUT2D eigenvalue weighted by Crippen LogP contribution is -2.37. The third-order valence-electron chi connectivity index (χ3n) is 3.56. The zero-order valence-corrected chi connectivity index (χ0v) is 14.4. The van der Waals surface area contributed by atoms with Crippen molar-refractivity contribution in [1.29, 1.82) is 0 Å². The van der Waals surface area contributed by atoms with Gasteiger partial charge in [0.1, 0.15) is 17.3 Å². The number of benzene rings is 2. The number of nitrogens with two attached hydrogens (primary N) is 1. The number of carbonyl (C=O) groups excluding carboxylic acids is 1. The van der Waals surface area contributed by atoms with Crippen molar-refractivity contribution < 1.29 is 24.1 Å². The highest BCUT2D eigenvalue weighted by atomic mass is 19.1. The molecule has 0 radical (unpaired) electrons. The molecular formula is C18H17FN4O4. The highest BCUT2D eigenvalue weighted by Gasteiger charge is 2.24. The lowest BCUT2D eigenvalue weighted by Gasteiger charge is -2.16. The maximum Gasteiger partial charge on any atom is 0.261 e. The van der Waals surface area contributed by atoms with Crippen LogP contribution >= 0.6 is 0 Å². The van der Waals surface area contributed by atoms with Gasteiger partial charge in [0.2, 0.25) is 0 Å². The topological polar surface area (TPSA) is 122 Å². The number of aromatic hydroxyl groups is 1. The molecule has 0 aliphatic heterocycles. The Bertz CT molecular complexity index is 938. The minimum atomic E-state index is -0.849. The van der Waals surface area contributed by atoms with Gasteiger partial charge in [0.05, 0.1) is 32.4 Å². The van der Waals surface area contributed by atoms with Gasteiger partial charge in [0.25, 0.3) is 5.91 Å². The van der Waals surface area contributed by atoms with Crippen LogP contribution < -0.4 is 15.8 Å². The predicted molar refractivity (Wildman–Crippen MR) is 97.4 cm³/mol. The largest absolute Gasteiger partial charge is 0.507 e. The van der Waals surface area contributed by atoms with Crippen molar-refractivity contribution in [3.05, 3.63) is 53.1 Å². The van der Waals surface area contributed by atoms with Gasteiger partial charge in [-0.1, -0.05) is 6.07 Å². The Morgan fingerprint density at radius 3 is 2.78 bits per heavy atom. The second-order valence-corrected chi connectivity index (χ2v) is 5.25. The van der Waals surface area contributed by atoms with Crippen LogP contribution in [0.4, 0.5) is 10.1 Å². The minimum Gasteiger partial charge on any atom is -0.507 e. The summed E-state index contributed by atoms with van der Waals surface area (Å²) in [6.07, 6.45) is 0. The van der Waals surface area contributed by atoms with Crippen LogP contribution in [0, 0.1) is 12.4 Å². The second-order valence-electron chi connectivity index (χ2n) is 5.25. The van der Waals surface area contributed by atoms with Crippen LogP contribution in [0.1, 0.15) is 10.4 Å². The number of hydrogen-bond acceptors (Lipinski definition) is 5. The maximum absolute atomic E-state index is 13.8. The first-order chi connectivity index (χ1) is 12.9. The molecule has 0 saturated carbocycles. The first kappa shape index (κ1) is 19.7. The molecule has 0 saturated heterocycles. The summed E-state index contributed by atoms with van der Waals surface area (Å²) in [5.41, 5.74) is 5.41. The minimum absolute atomic E-state index is 0.00573. The monoisotopic (exact) mass is 372 g/mol. The van der Waals surface area contributed by atoms with Gasteiger partial charge in [0.15, 0.2) is 11.6 Å². The van der Waals surface area contributed by atoms with E-state index in [4.69, 9.17) is 22.1 Å². The number of aliphatic hydroxyl groups is 1. The van der Waals surface area contributed by atoms with Crippen molar-refractivity contribution in [3.8, 4) is 22.6 Å². The summed E-state index contributed by atoms with van der Waals surface area (Å²) >= 11 is 0. The number of methoxy groups -OCH3 is 1. The SMILES string of the molecule is [C-]#[N+]c1ccc(O)c(C(=O)NC(N)=NCCO)c1-c1cc(F)ccc1OC. The Morgan fingerprint density at radius 1 is 1.41 bits per heavy atom. The van der Waals surface area contributed by atoms with Gasteiger partial charge in [-0.05, 0) is 24.3 Å². The molecule has 140 valence electrons. The number of nitrogens with zero attached hydrogens (tertiary/aromatic N) is 2. The smallest absolute Gasteiger partial charge is 0.261 e. The number of phenolic OH excluding ortho intramolecular Hbond substituents is 1. The summed E-state index contributed by atoms with van der Waals surface area (Å²) in [6.45, 7) is 7.07. The fourth-order valence-electron chi connectivity index (χ4n) is 2.44. The Morgan fingerprint density at radius 2 is 2.15 bits per heavy atom. The van der Waals surface area contributed by atoms with E-state index in [0.717, 1.165) is 6.07 Å². The first-order valence-corrected chi connectivity index (χ1v) is 7.72. The molecule has 0 spiro atoms. The third-order valence-corrected chi connectivity index (χ3v) is 3.56. The number of carbonyl (C=O) groups is 1. The molecule has 0 fully saturated rings. The fraction of sp³-hybridized carbons (Fsp3) is 0.167. The zero-order valence-electron chi connectivity index (χ0n) is 14.4. The van der Waals surface area contributed by atoms with E-state index in [0.29, 0.717) is 0 Å². The number of amides is 1. The van der Waals surface area contributed by atoms with Gasteiger partial charge in [-0.2, -0.15) is 0 Å². The number of hydrogen-bond donors (Lipinski definition) is 4. The van der Waals surface area contributed by atoms with E-state index in [1.165, 1.54) is 31.4 Å². The number of aliphatic hydroxyl groups excluding tert-OH is 1. The average molecular weight is 372 g/mol. The van der Waals surface area contributed by atoms with Gasteiger partial charge in [-0.15, -0.1) is 0 Å². The molecule has 8 nitrogen and oxygen atoms in total. The lowest BCUT2D eigenvalue weighted by molar-refractivity contribution is 0.0974. The summed E-state index contributed by atoms with van der Waals surface area (Å²) < 4.78 is 19.0. The number of rotatable bonds is 5. The molecule has 0 aliphatic rings. The van der Waals surface area contributed by atoms with Crippen LogP contribution in [0.2, 0.25) is 0 Å². The van der Waals surface area contributed by atoms with Gasteiger partial charge in [-0.25, -0.2) is 9.24 Å². The van der Waals surface area contributed by atoms with E-state index in [9.17, 15) is 14.3 Å². The van der Waals surface area contributed by atoms with E-state index in [2.05, 4.69) is 15.2 Å². The molecule has 0 unspecified atom stereocenters. The highest BCUT2D eigenvalue weighted by molar-refractivity contribution is 6.12. The molecule has 5 N–H and O–H groups in total. The normalized spacial score (nSPS) is 11.0. The Kier molecular flexibility index (Phi) is 6.30. The molecule has 2 rings (SSSR count). The first-order valence-electron chi connectivity index (χ1n) is 7.72. The van der Waals surface area contributed by atoms with Crippen LogP contribution in [-0.4, -0.2) is 42.3 Å². The molecule has 0 atom stereocenters. The third kappa shape index (κ3) is 4.31. The molecule has 0 aliphatic carbocycles. The van der Waals surface area contributed by atoms with Gasteiger partial charge >= 0.3 is 0 Å². The molecule has 0 heterocycles. The van der Waals surface area contributed by atoms with Crippen LogP contribution in [-0.2, 0) is 0 Å². The van der Waals surface area contributed by atoms with Crippen LogP contribution in [0.3, 0.4) is 0 Å². The molecule has 2 aromatic carbocycles. The standard InChI is InChI=1S/C18H17FN4O4/c1-21-12-4-5-13(25)16(17(26)23-18(20)22-7-8-24)15(12)11-9-10(19)3-6-14(11)27-2/h3-6,9,24-25H,7-8H2,2H3,(H3,20,22,23,26). The summed E-state index contributed by atoms with van der Waals surface area (Å²) in [7, 11) is 1.36. The summed E-state index contributed by atoms with van der Waals surface area (Å²) in [6, 6.07) is 6.10. The molecule has 2 aromatic rings. The van der Waals surface area contributed by atoms with Crippen molar-refractivity contribution in [2.45, 2.75) is 0 Å². The molecule has 27 heavy (non-hydrogen) atoms. The predicted octanol–water partition coefficient (Wildman–Crippen LogP) is 1.79. The van der Waals surface area contributed by atoms with Crippen molar-refractivity contribution >= 4 is 17.6 Å². The van der Waals surface area contributed by atoms with Crippen molar-refractivity contribution in [2.75, 3.05) is 20.3 Å². The average Bonchev–Trinajstić information content (AvgIpc) is 2.65. The van der Waals surface area contributed by atoms with E-state index in [1.54, 1.807) is 0 Å². The van der Waals surface area contributed by atoms with E-state index >= 15 is 0 Å².